The topological polar surface area (TPSA) is 88.3 Å². The lowest BCUT2D eigenvalue weighted by molar-refractivity contribution is -0.166. The fourth-order valence-corrected chi connectivity index (χ4v) is 5.62. The van der Waals surface area contributed by atoms with Gasteiger partial charge in [-0.25, -0.2) is 4.79 Å². The summed E-state index contributed by atoms with van der Waals surface area (Å²) in [6.45, 7) is 6.99. The van der Waals surface area contributed by atoms with Crippen LogP contribution in [0.4, 0.5) is 0 Å². The number of rotatable bonds is 10. The Morgan fingerprint density at radius 2 is 1.78 bits per heavy atom. The Hall–Kier alpha value is -2.55. The maximum Gasteiger partial charge on any atom is 0.331 e. The van der Waals surface area contributed by atoms with Gasteiger partial charge in [-0.1, -0.05) is 11.6 Å². The first-order valence-corrected chi connectivity index (χ1v) is 12.4. The molecule has 36 heavy (non-hydrogen) atoms. The number of carbonyl (C=O) groups excluding carboxylic acids is 1. The van der Waals surface area contributed by atoms with Crippen molar-refractivity contribution in [3.8, 4) is 17.2 Å². The molecule has 3 aliphatic rings. The molecular weight excluding hydrogens is 464 g/mol. The van der Waals surface area contributed by atoms with Crippen LogP contribution in [0.2, 0.25) is 0 Å². The van der Waals surface area contributed by atoms with Crippen LogP contribution in [0.25, 0.3) is 6.08 Å². The van der Waals surface area contributed by atoms with E-state index in [1.165, 1.54) is 11.6 Å². The Bertz CT molecular complexity index is 997. The molecule has 0 amide bonds. The van der Waals surface area contributed by atoms with Crippen molar-refractivity contribution >= 4 is 12.0 Å². The molecule has 1 aliphatic carbocycles. The van der Waals surface area contributed by atoms with Gasteiger partial charge in [-0.3, -0.25) is 0 Å². The van der Waals surface area contributed by atoms with Crippen LogP contribution in [0, 0.1) is 5.92 Å². The summed E-state index contributed by atoms with van der Waals surface area (Å²) in [5, 5.41) is 0. The van der Waals surface area contributed by atoms with Crippen LogP contribution >= 0.6 is 0 Å². The summed E-state index contributed by atoms with van der Waals surface area (Å²) >= 11 is 0. The number of benzene rings is 1. The first-order chi connectivity index (χ1) is 17.2. The van der Waals surface area contributed by atoms with Crippen LogP contribution in [0.3, 0.4) is 0 Å². The fraction of sp³-hybridized carbons (Fsp3) is 0.607. The number of allylic oxidation sites excluding steroid dienone is 1. The lowest BCUT2D eigenvalue weighted by atomic mass is 9.68. The van der Waals surface area contributed by atoms with Gasteiger partial charge in [0.2, 0.25) is 5.75 Å². The van der Waals surface area contributed by atoms with Crippen LogP contribution in [0.5, 0.6) is 17.2 Å². The van der Waals surface area contributed by atoms with Gasteiger partial charge >= 0.3 is 5.97 Å². The molecule has 2 aliphatic heterocycles. The standard InChI is InChI=1S/C28H38O8/c1-17(2)8-10-22-27(3,36-22)26-25(33-7)19(12-13-28(26)16-34-28)35-23(29)11-9-18-14-20(30-4)24(32-6)21(15-18)31-5/h8-9,11,14-15,19,22,25-26H,10,12-13,16H2,1-7H3/b11-9+/t19-,22-,25-,26-,27+,28+/m1/s1. The molecule has 1 aromatic rings. The van der Waals surface area contributed by atoms with E-state index in [9.17, 15) is 4.79 Å². The molecule has 8 nitrogen and oxygen atoms in total. The van der Waals surface area contributed by atoms with Crippen molar-refractivity contribution in [1.29, 1.82) is 0 Å². The van der Waals surface area contributed by atoms with Gasteiger partial charge in [0, 0.05) is 13.2 Å². The van der Waals surface area contributed by atoms with E-state index in [4.69, 9.17) is 33.2 Å². The van der Waals surface area contributed by atoms with Crippen LogP contribution in [0.1, 0.15) is 45.6 Å². The predicted octanol–water partition coefficient (Wildman–Crippen LogP) is 4.35. The highest BCUT2D eigenvalue weighted by molar-refractivity contribution is 5.87. The maximum absolute atomic E-state index is 12.8. The molecule has 2 saturated heterocycles. The Balaban J connectivity index is 1.47. The highest BCUT2D eigenvalue weighted by atomic mass is 16.6. The normalized spacial score (nSPS) is 32.8. The van der Waals surface area contributed by atoms with Crippen molar-refractivity contribution in [2.45, 2.75) is 69.5 Å². The number of hydrogen-bond donors (Lipinski definition) is 0. The van der Waals surface area contributed by atoms with Crippen LogP contribution in [-0.4, -0.2) is 70.5 Å². The van der Waals surface area contributed by atoms with Crippen molar-refractivity contribution in [3.63, 3.8) is 0 Å². The fourth-order valence-electron chi connectivity index (χ4n) is 5.62. The van der Waals surface area contributed by atoms with Gasteiger partial charge in [0.05, 0.1) is 40.0 Å². The van der Waals surface area contributed by atoms with Gasteiger partial charge in [-0.15, -0.1) is 0 Å². The minimum atomic E-state index is -0.440. The second-order valence-corrected chi connectivity index (χ2v) is 10.1. The van der Waals surface area contributed by atoms with Crippen molar-refractivity contribution in [2.24, 2.45) is 5.92 Å². The summed E-state index contributed by atoms with van der Waals surface area (Å²) in [6.07, 6.45) is 7.00. The van der Waals surface area contributed by atoms with E-state index < -0.39 is 12.1 Å². The maximum atomic E-state index is 12.8. The quantitative estimate of drug-likeness (QED) is 0.202. The molecule has 1 saturated carbocycles. The van der Waals surface area contributed by atoms with Gasteiger partial charge in [-0.2, -0.15) is 0 Å². The first kappa shape index (κ1) is 26.5. The Morgan fingerprint density at radius 3 is 2.31 bits per heavy atom. The third kappa shape index (κ3) is 5.12. The number of carbonyl (C=O) groups is 1. The van der Waals surface area contributed by atoms with E-state index in [2.05, 4.69) is 26.8 Å². The largest absolute Gasteiger partial charge is 0.493 e. The third-order valence-corrected chi connectivity index (χ3v) is 7.60. The van der Waals surface area contributed by atoms with Crippen molar-refractivity contribution in [3.05, 3.63) is 35.4 Å². The number of hydrogen-bond acceptors (Lipinski definition) is 8. The molecule has 0 unspecified atom stereocenters. The lowest BCUT2D eigenvalue weighted by Crippen LogP contribution is -2.55. The monoisotopic (exact) mass is 502 g/mol. The molecule has 0 radical (unpaired) electrons. The molecule has 0 N–H and O–H groups in total. The highest BCUT2D eigenvalue weighted by Crippen LogP contribution is 2.59. The van der Waals surface area contributed by atoms with E-state index >= 15 is 0 Å². The molecule has 6 atom stereocenters. The summed E-state index contributed by atoms with van der Waals surface area (Å²) in [5.41, 5.74) is 1.35. The predicted molar refractivity (Wildman–Crippen MR) is 135 cm³/mol. The van der Waals surface area contributed by atoms with Crippen LogP contribution < -0.4 is 14.2 Å². The minimum absolute atomic E-state index is 0.0174. The van der Waals surface area contributed by atoms with E-state index in [-0.39, 0.29) is 29.3 Å². The second kappa shape index (κ2) is 10.4. The zero-order chi connectivity index (χ0) is 26.1. The van der Waals surface area contributed by atoms with Crippen LogP contribution in [-0.2, 0) is 23.7 Å². The van der Waals surface area contributed by atoms with Gasteiger partial charge in [0.25, 0.3) is 0 Å². The molecule has 0 bridgehead atoms. The number of ether oxygens (including phenoxy) is 7. The highest BCUT2D eigenvalue weighted by Gasteiger charge is 2.72. The molecule has 8 heteroatoms. The second-order valence-electron chi connectivity index (χ2n) is 10.1. The zero-order valence-corrected chi connectivity index (χ0v) is 22.3. The minimum Gasteiger partial charge on any atom is -0.493 e. The Kier molecular flexibility index (Phi) is 7.69. The average molecular weight is 503 g/mol. The number of epoxide rings is 2. The lowest BCUT2D eigenvalue weighted by Gasteiger charge is -2.42. The van der Waals surface area contributed by atoms with Crippen molar-refractivity contribution in [1.82, 2.24) is 0 Å². The SMILES string of the molecule is COc1cc(/C=C/C(=O)O[C@@H]2CC[C@]3(CO3)[C@@H]([C@@]3(C)O[C@@H]3CC=C(C)C)[C@@H]2OC)cc(OC)c1OC. The molecule has 4 rings (SSSR count). The van der Waals surface area contributed by atoms with E-state index in [0.29, 0.717) is 30.3 Å². The zero-order valence-electron chi connectivity index (χ0n) is 22.3. The summed E-state index contributed by atoms with van der Waals surface area (Å²) in [6, 6.07) is 3.54. The first-order valence-electron chi connectivity index (χ1n) is 12.4. The van der Waals surface area contributed by atoms with Gasteiger partial charge in [0.1, 0.15) is 23.4 Å². The van der Waals surface area contributed by atoms with Gasteiger partial charge in [-0.05, 0) is 63.8 Å². The molecular formula is C28H38O8. The Morgan fingerprint density at radius 1 is 1.11 bits per heavy atom. The van der Waals surface area contributed by atoms with E-state index in [1.807, 2.05) is 0 Å². The molecule has 3 fully saturated rings. The molecule has 1 spiro atoms. The van der Waals surface area contributed by atoms with E-state index in [1.54, 1.807) is 46.6 Å². The van der Waals surface area contributed by atoms with Crippen molar-refractivity contribution in [2.75, 3.05) is 35.0 Å². The number of esters is 1. The molecule has 198 valence electrons. The third-order valence-electron chi connectivity index (χ3n) is 7.60. The Labute approximate surface area is 213 Å². The molecule has 1 aromatic carbocycles. The van der Waals surface area contributed by atoms with E-state index in [0.717, 1.165) is 18.4 Å². The van der Waals surface area contributed by atoms with Crippen LogP contribution in [0.15, 0.2) is 29.9 Å². The van der Waals surface area contributed by atoms with Gasteiger partial charge in [0.15, 0.2) is 11.5 Å². The number of methoxy groups -OCH3 is 4. The summed E-state index contributed by atoms with van der Waals surface area (Å²) in [7, 11) is 6.31. The summed E-state index contributed by atoms with van der Waals surface area (Å²) < 4.78 is 40.2. The summed E-state index contributed by atoms with van der Waals surface area (Å²) in [4.78, 5) is 12.8. The average Bonchev–Trinajstić information content (AvgIpc) is 3.78. The van der Waals surface area contributed by atoms with Gasteiger partial charge < -0.3 is 33.2 Å². The summed E-state index contributed by atoms with van der Waals surface area (Å²) in [5.74, 6) is 1.05. The van der Waals surface area contributed by atoms with Crippen molar-refractivity contribution < 1.29 is 38.0 Å². The smallest absolute Gasteiger partial charge is 0.331 e. The molecule has 0 aromatic heterocycles. The molecule has 2 heterocycles.